The summed E-state index contributed by atoms with van der Waals surface area (Å²) < 4.78 is 16.5. The van der Waals surface area contributed by atoms with E-state index in [-0.39, 0.29) is 23.0 Å². The molecule has 0 bridgehead atoms. The number of rotatable bonds is 16. The molecule has 0 aliphatic rings. The molecule has 0 heterocycles. The van der Waals surface area contributed by atoms with Gasteiger partial charge in [0.25, 0.3) is 0 Å². The molecular weight excluding hydrogens is 540 g/mol. The van der Waals surface area contributed by atoms with Crippen LogP contribution in [-0.4, -0.2) is 29.0 Å². The molecule has 0 unspecified atom stereocenters. The number of carbonyl (C=O) groups excluding carboxylic acids is 2. The van der Waals surface area contributed by atoms with Crippen molar-refractivity contribution in [2.24, 2.45) is 5.92 Å². The number of halogens is 1. The maximum absolute atomic E-state index is 12.6. The number of benzene rings is 3. The molecule has 0 saturated carbocycles. The molecule has 0 spiro atoms. The number of esters is 2. The highest BCUT2D eigenvalue weighted by molar-refractivity contribution is 6.30. The summed E-state index contributed by atoms with van der Waals surface area (Å²) in [7, 11) is 0. The lowest BCUT2D eigenvalue weighted by molar-refractivity contribution is -0.134. The number of hydrogen-bond acceptors (Lipinski definition) is 6. The number of ether oxygens (including phenoxy) is 3. The summed E-state index contributed by atoms with van der Waals surface area (Å²) in [6.45, 7) is 6.54. The molecule has 6 nitrogen and oxygen atoms in total. The highest BCUT2D eigenvalue weighted by Crippen LogP contribution is 2.29. The van der Waals surface area contributed by atoms with Gasteiger partial charge in [-0.25, -0.2) is 4.79 Å². The fraction of sp³-hybridized carbons (Fsp3) is 0.412. The average molecular weight is 581 g/mol. The molecule has 1 N–H and O–H groups in total. The van der Waals surface area contributed by atoms with E-state index in [1.54, 1.807) is 26.0 Å². The predicted molar refractivity (Wildman–Crippen MR) is 163 cm³/mol. The van der Waals surface area contributed by atoms with Gasteiger partial charge in [-0.05, 0) is 65.9 Å². The van der Waals surface area contributed by atoms with Crippen molar-refractivity contribution in [3.05, 3.63) is 72.3 Å². The number of carbonyl (C=O) groups is 2. The fourth-order valence-electron chi connectivity index (χ4n) is 4.22. The minimum absolute atomic E-state index is 0.0770. The van der Waals surface area contributed by atoms with E-state index in [0.717, 1.165) is 29.9 Å². The van der Waals surface area contributed by atoms with Gasteiger partial charge in [0.1, 0.15) is 16.9 Å². The highest BCUT2D eigenvalue weighted by Gasteiger charge is 2.23. The van der Waals surface area contributed by atoms with Gasteiger partial charge in [-0.1, -0.05) is 90.0 Å². The van der Waals surface area contributed by atoms with E-state index in [1.807, 2.05) is 36.4 Å². The number of hydrogen-bond donors (Lipinski definition) is 1. The van der Waals surface area contributed by atoms with Crippen molar-refractivity contribution < 1.29 is 28.9 Å². The van der Waals surface area contributed by atoms with E-state index >= 15 is 0 Å². The maximum Gasteiger partial charge on any atom is 0.343 e. The Balaban J connectivity index is 1.46. The Hall–Kier alpha value is -3.51. The molecule has 0 radical (unpaired) electrons. The molecule has 41 heavy (non-hydrogen) atoms. The van der Waals surface area contributed by atoms with Crippen molar-refractivity contribution in [3.8, 4) is 34.1 Å². The molecule has 220 valence electrons. The number of phenolic OH excluding ortho intramolecular Hbond substituents is 1. The molecule has 0 aliphatic carbocycles. The summed E-state index contributed by atoms with van der Waals surface area (Å²) in [5.41, 5.74) is 2.11. The second-order valence-corrected chi connectivity index (χ2v) is 11.0. The third-order valence-electron chi connectivity index (χ3n) is 6.73. The average Bonchev–Trinajstić information content (AvgIpc) is 2.97. The molecule has 3 rings (SSSR count). The Labute approximate surface area is 248 Å². The first-order valence-electron chi connectivity index (χ1n) is 14.5. The molecular formula is C34H41ClO6. The van der Waals surface area contributed by atoms with Crippen LogP contribution in [0, 0.1) is 5.92 Å². The van der Waals surface area contributed by atoms with Crippen LogP contribution in [0.15, 0.2) is 66.7 Å². The smallest absolute Gasteiger partial charge is 0.343 e. The monoisotopic (exact) mass is 580 g/mol. The number of phenols is 1. The zero-order valence-electron chi connectivity index (χ0n) is 24.2. The third-order valence-corrected chi connectivity index (χ3v) is 7.42. The second kappa shape index (κ2) is 16.7. The summed E-state index contributed by atoms with van der Waals surface area (Å²) in [5, 5.41) is 9.39. The quantitative estimate of drug-likeness (QED) is 0.0788. The van der Waals surface area contributed by atoms with Gasteiger partial charge >= 0.3 is 11.9 Å². The Morgan fingerprint density at radius 2 is 1.32 bits per heavy atom. The first-order chi connectivity index (χ1) is 19.8. The zero-order valence-corrected chi connectivity index (χ0v) is 25.0. The Morgan fingerprint density at radius 1 is 0.756 bits per heavy atom. The van der Waals surface area contributed by atoms with Crippen LogP contribution in [0.2, 0.25) is 0 Å². The number of alkyl halides is 1. The molecule has 0 aromatic heterocycles. The van der Waals surface area contributed by atoms with Crippen molar-refractivity contribution in [2.45, 2.75) is 77.5 Å². The van der Waals surface area contributed by atoms with Gasteiger partial charge in [-0.2, -0.15) is 0 Å². The molecule has 3 aromatic rings. The van der Waals surface area contributed by atoms with Crippen LogP contribution in [0.5, 0.6) is 23.0 Å². The molecule has 0 fully saturated rings. The van der Waals surface area contributed by atoms with Crippen LogP contribution in [0.25, 0.3) is 11.1 Å². The molecule has 1 atom stereocenters. The lowest BCUT2D eigenvalue weighted by Crippen LogP contribution is -2.25. The summed E-state index contributed by atoms with van der Waals surface area (Å²) in [6, 6.07) is 19.1. The van der Waals surface area contributed by atoms with Crippen molar-refractivity contribution in [1.82, 2.24) is 0 Å². The van der Waals surface area contributed by atoms with Crippen LogP contribution in [0.4, 0.5) is 0 Å². The molecule has 7 heteroatoms. The highest BCUT2D eigenvalue weighted by atomic mass is 35.5. The van der Waals surface area contributed by atoms with E-state index in [1.165, 1.54) is 63.1 Å². The largest absolute Gasteiger partial charge is 0.504 e. The van der Waals surface area contributed by atoms with E-state index < -0.39 is 17.3 Å². The zero-order chi connectivity index (χ0) is 29.6. The summed E-state index contributed by atoms with van der Waals surface area (Å²) in [4.78, 5) is 24.7. The van der Waals surface area contributed by atoms with Crippen LogP contribution in [0.1, 0.15) is 82.5 Å². The molecule has 0 saturated heterocycles. The number of unbranched alkanes of at least 4 members (excludes halogenated alkanes) is 7. The number of aromatic hydroxyl groups is 1. The van der Waals surface area contributed by atoms with Crippen LogP contribution >= 0.6 is 11.6 Å². The fourth-order valence-corrected chi connectivity index (χ4v) is 4.26. The first-order valence-corrected chi connectivity index (χ1v) is 15.0. The normalized spacial score (nSPS) is 11.7. The van der Waals surface area contributed by atoms with Gasteiger partial charge in [0, 0.05) is 0 Å². The van der Waals surface area contributed by atoms with E-state index in [2.05, 4.69) is 6.92 Å². The predicted octanol–water partition coefficient (Wildman–Crippen LogP) is 8.97. The minimum atomic E-state index is -0.849. The van der Waals surface area contributed by atoms with E-state index in [9.17, 15) is 14.7 Å². The van der Waals surface area contributed by atoms with Crippen LogP contribution < -0.4 is 14.2 Å². The van der Waals surface area contributed by atoms with Gasteiger partial charge in [-0.15, -0.1) is 11.6 Å². The summed E-state index contributed by atoms with van der Waals surface area (Å²) in [5.74, 6) is -0.674. The standard InChI is InChI=1S/C34H41ClO6/c1-4-5-6-7-8-9-10-11-22-39-28-17-12-25(13-18-28)26-14-19-29(20-15-26)40-33(37)27-16-21-31(30(36)23-27)41-34(38)32(35)24(2)3/h12-21,23-24,32,36H,4-11,22H2,1-3H3/t32-/m0/s1. The van der Waals surface area contributed by atoms with Gasteiger partial charge in [0.15, 0.2) is 11.5 Å². The van der Waals surface area contributed by atoms with Gasteiger partial charge in [0.05, 0.1) is 12.2 Å². The van der Waals surface area contributed by atoms with Gasteiger partial charge < -0.3 is 19.3 Å². The third kappa shape index (κ3) is 10.4. The van der Waals surface area contributed by atoms with Gasteiger partial charge in [0.2, 0.25) is 0 Å². The van der Waals surface area contributed by atoms with Crippen molar-refractivity contribution >= 4 is 23.5 Å². The SMILES string of the molecule is CCCCCCCCCCOc1ccc(-c2ccc(OC(=O)c3ccc(OC(=O)[C@@H](Cl)C(C)C)c(O)c3)cc2)cc1. The molecule has 0 amide bonds. The minimum Gasteiger partial charge on any atom is -0.504 e. The maximum atomic E-state index is 12.6. The summed E-state index contributed by atoms with van der Waals surface area (Å²) >= 11 is 6.01. The molecule has 3 aromatic carbocycles. The van der Waals surface area contributed by atoms with Crippen molar-refractivity contribution in [1.29, 1.82) is 0 Å². The molecule has 0 aliphatic heterocycles. The summed E-state index contributed by atoms with van der Waals surface area (Å²) in [6.07, 6.45) is 10.2. The van der Waals surface area contributed by atoms with Crippen LogP contribution in [-0.2, 0) is 4.79 Å². The Morgan fingerprint density at radius 3 is 1.88 bits per heavy atom. The first kappa shape index (κ1) is 32.0. The topological polar surface area (TPSA) is 82.1 Å². The van der Waals surface area contributed by atoms with Crippen molar-refractivity contribution in [2.75, 3.05) is 6.61 Å². The van der Waals surface area contributed by atoms with Gasteiger partial charge in [-0.3, -0.25) is 4.79 Å². The lowest BCUT2D eigenvalue weighted by Gasteiger charge is -2.13. The van der Waals surface area contributed by atoms with Crippen molar-refractivity contribution in [3.63, 3.8) is 0 Å². The Bertz CT molecular complexity index is 1240. The lowest BCUT2D eigenvalue weighted by atomic mass is 10.1. The van der Waals surface area contributed by atoms with E-state index in [4.69, 9.17) is 25.8 Å². The van der Waals surface area contributed by atoms with Crippen LogP contribution in [0.3, 0.4) is 0 Å². The Kier molecular flexibility index (Phi) is 13.0. The second-order valence-electron chi connectivity index (χ2n) is 10.5. The van der Waals surface area contributed by atoms with E-state index in [0.29, 0.717) is 5.75 Å².